The molecule has 2 heterocycles. The van der Waals surface area contributed by atoms with Gasteiger partial charge < -0.3 is 26.3 Å². The number of hydrogen-bond acceptors (Lipinski definition) is 3. The van der Waals surface area contributed by atoms with E-state index in [1.165, 1.54) is 6.07 Å². The first-order valence-electron chi connectivity index (χ1n) is 11.1. The summed E-state index contributed by atoms with van der Waals surface area (Å²) >= 11 is 0. The molecule has 5 N–H and O–H groups in total. The third-order valence-electron chi connectivity index (χ3n) is 5.70. The number of aromatic amines is 1. The van der Waals surface area contributed by atoms with Gasteiger partial charge in [-0.2, -0.15) is 0 Å². The molecule has 0 unspecified atom stereocenters. The molecule has 3 amide bonds. The first-order chi connectivity index (χ1) is 17.4. The monoisotopic (exact) mass is 485 g/mol. The molecule has 0 fully saturated rings. The van der Waals surface area contributed by atoms with Crippen molar-refractivity contribution in [3.8, 4) is 0 Å². The van der Waals surface area contributed by atoms with E-state index in [1.54, 1.807) is 30.5 Å². The highest BCUT2D eigenvalue weighted by Gasteiger charge is 2.24. The number of anilines is 5. The molecule has 36 heavy (non-hydrogen) atoms. The number of para-hydroxylation sites is 1. The van der Waals surface area contributed by atoms with E-state index in [4.69, 9.17) is 0 Å². The van der Waals surface area contributed by atoms with Crippen LogP contribution in [0.25, 0.3) is 11.6 Å². The molecule has 1 aromatic heterocycles. The summed E-state index contributed by atoms with van der Waals surface area (Å²) in [6, 6.07) is 17.0. The van der Waals surface area contributed by atoms with Crippen LogP contribution in [0.1, 0.15) is 16.8 Å². The van der Waals surface area contributed by atoms with Crippen molar-refractivity contribution in [3.63, 3.8) is 0 Å². The van der Waals surface area contributed by atoms with Crippen LogP contribution >= 0.6 is 0 Å². The quantitative estimate of drug-likeness (QED) is 0.209. The third-order valence-corrected chi connectivity index (χ3v) is 5.70. The molecule has 7 nitrogen and oxygen atoms in total. The Kier molecular flexibility index (Phi) is 5.95. The summed E-state index contributed by atoms with van der Waals surface area (Å²) in [5.74, 6) is -1.92. The fourth-order valence-electron chi connectivity index (χ4n) is 3.89. The maximum atomic E-state index is 13.8. The molecule has 180 valence electrons. The largest absolute Gasteiger partial charge is 0.362 e. The number of rotatable bonds is 5. The van der Waals surface area contributed by atoms with E-state index >= 15 is 0 Å². The van der Waals surface area contributed by atoms with Crippen LogP contribution < -0.4 is 21.3 Å². The van der Waals surface area contributed by atoms with Crippen LogP contribution in [-0.4, -0.2) is 16.9 Å². The van der Waals surface area contributed by atoms with E-state index in [9.17, 15) is 18.4 Å². The number of hydrogen-bond donors (Lipinski definition) is 5. The average Bonchev–Trinajstić information content (AvgIpc) is 3.46. The topological polar surface area (TPSA) is 98.0 Å². The van der Waals surface area contributed by atoms with Gasteiger partial charge in [-0.15, -0.1) is 0 Å². The van der Waals surface area contributed by atoms with Crippen molar-refractivity contribution in [2.75, 3.05) is 21.3 Å². The van der Waals surface area contributed by atoms with Crippen LogP contribution in [-0.2, 0) is 4.79 Å². The van der Waals surface area contributed by atoms with Crippen LogP contribution in [0.15, 0.2) is 72.9 Å². The van der Waals surface area contributed by atoms with E-state index in [2.05, 4.69) is 26.3 Å². The van der Waals surface area contributed by atoms with Gasteiger partial charge >= 0.3 is 6.03 Å². The Hall–Kier alpha value is -4.92. The van der Waals surface area contributed by atoms with Gasteiger partial charge in [0.2, 0.25) is 0 Å². The molecule has 0 bridgehead atoms. The Balaban J connectivity index is 1.33. The van der Waals surface area contributed by atoms with Gasteiger partial charge in [0.15, 0.2) is 0 Å². The predicted molar refractivity (Wildman–Crippen MR) is 137 cm³/mol. The lowest BCUT2D eigenvalue weighted by Crippen LogP contribution is -2.21. The normalized spacial score (nSPS) is 13.3. The second-order valence-electron chi connectivity index (χ2n) is 8.23. The van der Waals surface area contributed by atoms with E-state index in [-0.39, 0.29) is 5.91 Å². The number of benzene rings is 3. The van der Waals surface area contributed by atoms with E-state index in [0.29, 0.717) is 22.6 Å². The standard InChI is InChI=1S/C27H21F2N5O2/c1-15-7-8-18(32-27(36)34-25-21(28)5-2-6-22(25)29)13-23(15)31-17-9-10-19-20(12-16-4-3-11-30-16)26(35)33-24(19)14-17/h2-14,30-31H,1H3,(H,33,35)(H2,32,34,36)/b20-12+. The number of amides is 3. The van der Waals surface area contributed by atoms with Crippen LogP contribution in [0, 0.1) is 18.6 Å². The van der Waals surface area contributed by atoms with Crippen molar-refractivity contribution in [3.05, 3.63) is 101 Å². The van der Waals surface area contributed by atoms with E-state index in [0.717, 1.165) is 34.6 Å². The van der Waals surface area contributed by atoms with Crippen molar-refractivity contribution in [1.29, 1.82) is 0 Å². The Morgan fingerprint density at radius 3 is 2.44 bits per heavy atom. The molecule has 0 radical (unpaired) electrons. The lowest BCUT2D eigenvalue weighted by Gasteiger charge is -2.14. The van der Waals surface area contributed by atoms with Crippen molar-refractivity contribution in [2.24, 2.45) is 0 Å². The molecule has 0 atom stereocenters. The summed E-state index contributed by atoms with van der Waals surface area (Å²) in [5, 5.41) is 10.9. The van der Waals surface area contributed by atoms with Gasteiger partial charge in [0.25, 0.3) is 5.91 Å². The summed E-state index contributed by atoms with van der Waals surface area (Å²) < 4.78 is 27.6. The molecule has 5 rings (SSSR count). The maximum Gasteiger partial charge on any atom is 0.323 e. The number of aromatic nitrogens is 1. The number of aryl methyl sites for hydroxylation is 1. The number of carbonyl (C=O) groups is 2. The Labute approximate surface area is 205 Å². The zero-order valence-electron chi connectivity index (χ0n) is 19.1. The highest BCUT2D eigenvalue weighted by Crippen LogP contribution is 2.36. The fourth-order valence-corrected chi connectivity index (χ4v) is 3.89. The van der Waals surface area contributed by atoms with E-state index in [1.807, 2.05) is 37.3 Å². The van der Waals surface area contributed by atoms with Crippen molar-refractivity contribution < 1.29 is 18.4 Å². The molecular weight excluding hydrogens is 464 g/mol. The number of carbonyl (C=O) groups excluding carboxylic acids is 2. The third kappa shape index (κ3) is 4.67. The SMILES string of the molecule is Cc1ccc(NC(=O)Nc2c(F)cccc2F)cc1Nc1ccc2c(c1)NC(=O)/C2=C/c1ccc[nH]1. The van der Waals surface area contributed by atoms with Crippen molar-refractivity contribution >= 4 is 52.0 Å². The molecule has 3 aromatic carbocycles. The Morgan fingerprint density at radius 2 is 1.69 bits per heavy atom. The minimum absolute atomic E-state index is 0.184. The number of urea groups is 1. The molecule has 0 aliphatic carbocycles. The highest BCUT2D eigenvalue weighted by molar-refractivity contribution is 6.35. The van der Waals surface area contributed by atoms with Gasteiger partial charge in [0.05, 0.1) is 11.3 Å². The Morgan fingerprint density at radius 1 is 0.917 bits per heavy atom. The summed E-state index contributed by atoms with van der Waals surface area (Å²) in [5.41, 5.74) is 5.11. The number of H-pyrrole nitrogens is 1. The van der Waals surface area contributed by atoms with E-state index < -0.39 is 23.4 Å². The predicted octanol–water partition coefficient (Wildman–Crippen LogP) is 6.48. The summed E-state index contributed by atoms with van der Waals surface area (Å²) in [6.07, 6.45) is 3.59. The van der Waals surface area contributed by atoms with Gasteiger partial charge in [0.1, 0.15) is 17.3 Å². The minimum Gasteiger partial charge on any atom is -0.362 e. The molecule has 0 saturated carbocycles. The lowest BCUT2D eigenvalue weighted by atomic mass is 10.1. The molecule has 4 aromatic rings. The van der Waals surface area contributed by atoms with Gasteiger partial charge in [-0.05, 0) is 67.1 Å². The summed E-state index contributed by atoms with van der Waals surface area (Å²) in [6.45, 7) is 1.90. The van der Waals surface area contributed by atoms with Gasteiger partial charge in [-0.25, -0.2) is 13.6 Å². The molecule has 1 aliphatic rings. The van der Waals surface area contributed by atoms with Crippen LogP contribution in [0.5, 0.6) is 0 Å². The second kappa shape index (κ2) is 9.38. The first kappa shape index (κ1) is 22.9. The van der Waals surface area contributed by atoms with Crippen LogP contribution in [0.4, 0.5) is 42.0 Å². The van der Waals surface area contributed by atoms with Gasteiger partial charge in [-0.3, -0.25) is 4.79 Å². The molecular formula is C27H21F2N5O2. The van der Waals surface area contributed by atoms with Crippen molar-refractivity contribution in [2.45, 2.75) is 6.92 Å². The molecule has 9 heteroatoms. The molecule has 0 spiro atoms. The zero-order valence-corrected chi connectivity index (χ0v) is 19.1. The van der Waals surface area contributed by atoms with Gasteiger partial charge in [0, 0.05) is 34.5 Å². The summed E-state index contributed by atoms with van der Waals surface area (Å²) in [4.78, 5) is 27.9. The first-order valence-corrected chi connectivity index (χ1v) is 11.1. The zero-order chi connectivity index (χ0) is 25.2. The highest BCUT2D eigenvalue weighted by atomic mass is 19.1. The number of nitrogens with one attached hydrogen (secondary N) is 5. The second-order valence-corrected chi connectivity index (χ2v) is 8.23. The maximum absolute atomic E-state index is 13.8. The van der Waals surface area contributed by atoms with Crippen molar-refractivity contribution in [1.82, 2.24) is 4.98 Å². The van der Waals surface area contributed by atoms with Crippen LogP contribution in [0.3, 0.4) is 0 Å². The number of fused-ring (bicyclic) bond motifs is 1. The summed E-state index contributed by atoms with van der Waals surface area (Å²) in [7, 11) is 0. The Bertz CT molecular complexity index is 1490. The van der Waals surface area contributed by atoms with Gasteiger partial charge in [-0.1, -0.05) is 18.2 Å². The smallest absolute Gasteiger partial charge is 0.323 e. The lowest BCUT2D eigenvalue weighted by molar-refractivity contribution is -0.110. The average molecular weight is 485 g/mol. The fraction of sp³-hybridized carbons (Fsp3) is 0.0370. The molecule has 0 saturated heterocycles. The minimum atomic E-state index is -0.869. The molecule has 1 aliphatic heterocycles. The van der Waals surface area contributed by atoms with Crippen LogP contribution in [0.2, 0.25) is 0 Å². The number of halogens is 2.